The van der Waals surface area contributed by atoms with Gasteiger partial charge in [0.25, 0.3) is 0 Å². The first-order valence-electron chi connectivity index (χ1n) is 5.77. The van der Waals surface area contributed by atoms with E-state index in [4.69, 9.17) is 5.73 Å². The summed E-state index contributed by atoms with van der Waals surface area (Å²) in [5.74, 6) is -0.721. The Bertz CT molecular complexity index is 636. The molecule has 95 valence electrons. The van der Waals surface area contributed by atoms with Gasteiger partial charge in [-0.1, -0.05) is 36.4 Å². The molecule has 0 aliphatic rings. The third-order valence-corrected chi connectivity index (χ3v) is 2.63. The monoisotopic (exact) mass is 253 g/mol. The van der Waals surface area contributed by atoms with Crippen LogP contribution in [0.1, 0.15) is 17.3 Å². The number of carbonyl (C=O) groups excluding carboxylic acids is 2. The molecular weight excluding hydrogens is 240 g/mol. The molecule has 1 radical (unpaired) electrons. The lowest BCUT2D eigenvalue weighted by molar-refractivity contribution is -0.114. The highest BCUT2D eigenvalue weighted by Crippen LogP contribution is 2.30. The Balaban J connectivity index is 2.59. The molecule has 4 nitrogen and oxygen atoms in total. The highest BCUT2D eigenvalue weighted by molar-refractivity contribution is 6.02. The summed E-state index contributed by atoms with van der Waals surface area (Å²) in [6.45, 7) is 1.43. The maximum Gasteiger partial charge on any atom is 0.249 e. The minimum absolute atomic E-state index is 0.173. The van der Waals surface area contributed by atoms with E-state index in [1.54, 1.807) is 24.3 Å². The van der Waals surface area contributed by atoms with E-state index >= 15 is 0 Å². The van der Waals surface area contributed by atoms with Gasteiger partial charge in [-0.05, 0) is 17.7 Å². The van der Waals surface area contributed by atoms with Gasteiger partial charge in [0.05, 0.1) is 5.56 Å². The zero-order valence-corrected chi connectivity index (χ0v) is 10.4. The lowest BCUT2D eigenvalue weighted by Gasteiger charge is -2.12. The molecule has 0 unspecified atom stereocenters. The second-order valence-electron chi connectivity index (χ2n) is 4.05. The maximum absolute atomic E-state index is 11.4. The Hall–Kier alpha value is -2.62. The molecule has 0 saturated carbocycles. The van der Waals surface area contributed by atoms with E-state index in [1.807, 2.05) is 18.2 Å². The van der Waals surface area contributed by atoms with Gasteiger partial charge in [0.15, 0.2) is 0 Å². The molecule has 0 saturated heterocycles. The normalized spacial score (nSPS) is 9.95. The van der Waals surface area contributed by atoms with Crippen LogP contribution >= 0.6 is 0 Å². The van der Waals surface area contributed by atoms with Gasteiger partial charge in [-0.25, -0.2) is 0 Å². The number of para-hydroxylation sites is 1. The molecule has 19 heavy (non-hydrogen) atoms. The van der Waals surface area contributed by atoms with Crippen LogP contribution in [-0.2, 0) is 4.79 Å². The van der Waals surface area contributed by atoms with Gasteiger partial charge in [-0.15, -0.1) is 0 Å². The average molecular weight is 253 g/mol. The highest BCUT2D eigenvalue weighted by atomic mass is 16.1. The number of amides is 2. The smallest absolute Gasteiger partial charge is 0.249 e. The first-order chi connectivity index (χ1) is 9.09. The van der Waals surface area contributed by atoms with E-state index in [0.29, 0.717) is 16.8 Å². The summed E-state index contributed by atoms with van der Waals surface area (Å²) >= 11 is 0. The molecule has 0 spiro atoms. The fourth-order valence-corrected chi connectivity index (χ4v) is 1.88. The molecule has 2 aromatic rings. The van der Waals surface area contributed by atoms with E-state index in [0.717, 1.165) is 5.56 Å². The molecule has 2 aromatic carbocycles. The van der Waals surface area contributed by atoms with Crippen LogP contribution in [-0.4, -0.2) is 11.8 Å². The van der Waals surface area contributed by atoms with Crippen LogP contribution in [0.2, 0.25) is 0 Å². The summed E-state index contributed by atoms with van der Waals surface area (Å²) in [5.41, 5.74) is 7.68. The molecule has 2 amide bonds. The van der Waals surface area contributed by atoms with Crippen LogP contribution < -0.4 is 11.1 Å². The number of hydrogen-bond donors (Lipinski definition) is 2. The molecule has 0 atom stereocenters. The van der Waals surface area contributed by atoms with Crippen molar-refractivity contribution < 1.29 is 9.59 Å². The summed E-state index contributed by atoms with van der Waals surface area (Å²) in [4.78, 5) is 22.6. The number of anilines is 1. The van der Waals surface area contributed by atoms with Crippen molar-refractivity contribution in [2.45, 2.75) is 6.92 Å². The fraction of sp³-hybridized carbons (Fsp3) is 0.0667. The fourth-order valence-electron chi connectivity index (χ4n) is 1.88. The van der Waals surface area contributed by atoms with Gasteiger partial charge in [-0.3, -0.25) is 9.59 Å². The van der Waals surface area contributed by atoms with Crippen LogP contribution in [0.3, 0.4) is 0 Å². The van der Waals surface area contributed by atoms with Gasteiger partial charge < -0.3 is 11.1 Å². The molecule has 0 aliphatic carbocycles. The number of hydrogen-bond acceptors (Lipinski definition) is 2. The molecule has 0 fully saturated rings. The Morgan fingerprint density at radius 3 is 2.47 bits per heavy atom. The number of primary amides is 1. The number of nitrogens with one attached hydrogen (secondary N) is 1. The molecule has 0 aromatic heterocycles. The topological polar surface area (TPSA) is 72.2 Å². The van der Waals surface area contributed by atoms with Crippen molar-refractivity contribution in [1.29, 1.82) is 0 Å². The van der Waals surface area contributed by atoms with Gasteiger partial charge in [0, 0.05) is 18.2 Å². The van der Waals surface area contributed by atoms with E-state index in [9.17, 15) is 9.59 Å². The van der Waals surface area contributed by atoms with Crippen molar-refractivity contribution in [3.63, 3.8) is 0 Å². The lowest BCUT2D eigenvalue weighted by atomic mass is 9.98. The molecule has 2 rings (SSSR count). The van der Waals surface area contributed by atoms with Crippen LogP contribution in [0.15, 0.2) is 42.5 Å². The van der Waals surface area contributed by atoms with Crippen molar-refractivity contribution in [3.8, 4) is 11.1 Å². The number of carbonyl (C=O) groups is 2. The second-order valence-corrected chi connectivity index (χ2v) is 4.05. The van der Waals surface area contributed by atoms with E-state index in [2.05, 4.69) is 11.4 Å². The van der Waals surface area contributed by atoms with Gasteiger partial charge in [0.1, 0.15) is 0 Å². The van der Waals surface area contributed by atoms with E-state index in [1.165, 1.54) is 6.92 Å². The lowest BCUT2D eigenvalue weighted by Crippen LogP contribution is -2.13. The van der Waals surface area contributed by atoms with E-state index < -0.39 is 5.91 Å². The van der Waals surface area contributed by atoms with Crippen molar-refractivity contribution in [2.75, 3.05) is 5.32 Å². The molecule has 4 heteroatoms. The standard InChI is InChI=1S/C15H13N2O2/c1-10(18)17-14-9-5-4-7-12(14)11-6-2-3-8-13(11)15(16)19/h2-7,9H,1H3,(H2,16,19)(H,17,18). The maximum atomic E-state index is 11.4. The molecule has 0 aliphatic heterocycles. The highest BCUT2D eigenvalue weighted by Gasteiger charge is 2.12. The van der Waals surface area contributed by atoms with Crippen LogP contribution in [0, 0.1) is 6.07 Å². The number of benzene rings is 2. The third kappa shape index (κ3) is 2.80. The Morgan fingerprint density at radius 1 is 1.11 bits per heavy atom. The average Bonchev–Trinajstić information content (AvgIpc) is 2.38. The SMILES string of the molecule is CC(=O)Nc1ccccc1-c1ccc[c]c1C(N)=O. The molecule has 0 heterocycles. The quantitative estimate of drug-likeness (QED) is 0.880. The molecule has 0 bridgehead atoms. The number of rotatable bonds is 3. The predicted octanol–water partition coefficient (Wildman–Crippen LogP) is 2.21. The predicted molar refractivity (Wildman–Crippen MR) is 73.5 cm³/mol. The summed E-state index contributed by atoms with van der Waals surface area (Å²) < 4.78 is 0. The van der Waals surface area contributed by atoms with Gasteiger partial charge in [0.2, 0.25) is 11.8 Å². The summed E-state index contributed by atoms with van der Waals surface area (Å²) in [6, 6.07) is 15.2. The zero-order chi connectivity index (χ0) is 13.8. The summed E-state index contributed by atoms with van der Waals surface area (Å²) in [6.07, 6.45) is 0. The van der Waals surface area contributed by atoms with Crippen molar-refractivity contribution >= 4 is 17.5 Å². The summed E-state index contributed by atoms with van der Waals surface area (Å²) in [7, 11) is 0. The summed E-state index contributed by atoms with van der Waals surface area (Å²) in [5, 5.41) is 2.73. The van der Waals surface area contributed by atoms with Crippen molar-refractivity contribution in [2.24, 2.45) is 5.73 Å². The first-order valence-corrected chi connectivity index (χ1v) is 5.77. The minimum atomic E-state index is -0.548. The van der Waals surface area contributed by atoms with Gasteiger partial charge in [-0.2, -0.15) is 0 Å². The van der Waals surface area contributed by atoms with Crippen LogP contribution in [0.4, 0.5) is 5.69 Å². The van der Waals surface area contributed by atoms with Crippen molar-refractivity contribution in [3.05, 3.63) is 54.1 Å². The van der Waals surface area contributed by atoms with Gasteiger partial charge >= 0.3 is 0 Å². The van der Waals surface area contributed by atoms with Crippen LogP contribution in [0.25, 0.3) is 11.1 Å². The van der Waals surface area contributed by atoms with Crippen LogP contribution in [0.5, 0.6) is 0 Å². The Morgan fingerprint density at radius 2 is 1.79 bits per heavy atom. The van der Waals surface area contributed by atoms with E-state index in [-0.39, 0.29) is 5.91 Å². The number of nitrogens with two attached hydrogens (primary N) is 1. The van der Waals surface area contributed by atoms with Crippen molar-refractivity contribution in [1.82, 2.24) is 0 Å². The zero-order valence-electron chi connectivity index (χ0n) is 10.4. The first kappa shape index (κ1) is 12.8. The largest absolute Gasteiger partial charge is 0.366 e. The molecular formula is C15H13N2O2. The minimum Gasteiger partial charge on any atom is -0.366 e. The Kier molecular flexibility index (Phi) is 3.61. The second kappa shape index (κ2) is 5.35. The molecule has 3 N–H and O–H groups in total. The Labute approximate surface area is 111 Å². The third-order valence-electron chi connectivity index (χ3n) is 2.63.